The lowest BCUT2D eigenvalue weighted by molar-refractivity contribution is 0.0508. The molecule has 0 saturated carbocycles. The third-order valence-electron chi connectivity index (χ3n) is 3.79. The van der Waals surface area contributed by atoms with E-state index < -0.39 is 5.97 Å². The van der Waals surface area contributed by atoms with E-state index in [1.807, 2.05) is 0 Å². The summed E-state index contributed by atoms with van der Waals surface area (Å²) < 4.78 is 0. The van der Waals surface area contributed by atoms with Gasteiger partial charge in [-0.1, -0.05) is 35.3 Å². The van der Waals surface area contributed by atoms with Crippen molar-refractivity contribution in [2.24, 2.45) is 11.1 Å². The lowest BCUT2D eigenvalue weighted by atomic mass is 9.93. The van der Waals surface area contributed by atoms with Gasteiger partial charge in [0.15, 0.2) is 0 Å². The van der Waals surface area contributed by atoms with Gasteiger partial charge < -0.3 is 9.74 Å². The monoisotopic (exact) mass is 328 g/mol. The number of piperidine rings is 1. The highest BCUT2D eigenvalue weighted by atomic mass is 35.5. The summed E-state index contributed by atoms with van der Waals surface area (Å²) in [5.74, 6) is -0.257. The minimum Gasteiger partial charge on any atom is -0.313 e. The molecule has 0 spiro atoms. The highest BCUT2D eigenvalue weighted by Crippen LogP contribution is 2.23. The first-order valence-corrected chi connectivity index (χ1v) is 7.57. The Kier molecular flexibility index (Phi) is 5.25. The first kappa shape index (κ1) is 16.3. The Morgan fingerprint density at radius 1 is 1.33 bits per heavy atom. The van der Waals surface area contributed by atoms with Crippen LogP contribution in [0.1, 0.15) is 30.6 Å². The predicted octanol–water partition coefficient (Wildman–Crippen LogP) is 3.87. The number of benzene rings is 1. The number of hydrogen-bond acceptors (Lipinski definition) is 4. The van der Waals surface area contributed by atoms with E-state index in [1.54, 1.807) is 12.1 Å². The number of carbonyl (C=O) groups is 1. The van der Waals surface area contributed by atoms with Crippen LogP contribution in [0, 0.1) is 5.92 Å². The summed E-state index contributed by atoms with van der Waals surface area (Å²) in [4.78, 5) is 19.3. The molecule has 21 heavy (non-hydrogen) atoms. The summed E-state index contributed by atoms with van der Waals surface area (Å²) in [5.41, 5.74) is 1.25. The van der Waals surface area contributed by atoms with Gasteiger partial charge in [-0.15, -0.1) is 0 Å². The molecule has 1 aliphatic rings. The van der Waals surface area contributed by atoms with E-state index >= 15 is 0 Å². The Labute approximate surface area is 134 Å². The number of carbonyl (C=O) groups excluding carboxylic acids is 1. The van der Waals surface area contributed by atoms with Crippen LogP contribution in [0.4, 0.5) is 0 Å². The summed E-state index contributed by atoms with van der Waals surface area (Å²) in [6, 6.07) is 5.00. The molecule has 0 unspecified atom stereocenters. The molecule has 114 valence electrons. The van der Waals surface area contributed by atoms with Crippen LogP contribution < -0.4 is 0 Å². The maximum absolute atomic E-state index is 12.0. The summed E-state index contributed by atoms with van der Waals surface area (Å²) >= 11 is 11.7. The maximum atomic E-state index is 12.0. The Morgan fingerprint density at radius 3 is 2.71 bits per heavy atom. The zero-order valence-corrected chi connectivity index (χ0v) is 13.8. The van der Waals surface area contributed by atoms with Gasteiger partial charge in [0, 0.05) is 24.9 Å². The quantitative estimate of drug-likeness (QED) is 0.611. The second-order valence-corrected chi connectivity index (χ2v) is 6.30. The van der Waals surface area contributed by atoms with E-state index in [2.05, 4.69) is 31.0 Å². The van der Waals surface area contributed by atoms with Gasteiger partial charge in [-0.2, -0.15) is 0 Å². The Bertz CT molecular complexity index is 575. The largest absolute Gasteiger partial charge is 0.365 e. The molecule has 2 atom stereocenters. The number of likely N-dealkylation sites (tertiary alicyclic amines) is 1. The van der Waals surface area contributed by atoms with Crippen LogP contribution in [0.3, 0.4) is 0 Å². The average molecular weight is 329 g/mol. The minimum atomic E-state index is -0.528. The number of halogens is 2. The normalized spacial score (nSPS) is 25.1. The second kappa shape index (κ2) is 6.77. The maximum Gasteiger partial charge on any atom is 0.365 e. The summed E-state index contributed by atoms with van der Waals surface area (Å²) in [6.45, 7) is 5.11. The van der Waals surface area contributed by atoms with Gasteiger partial charge in [-0.25, -0.2) is 4.79 Å². The number of nitrogens with zero attached hydrogens (tertiary/aromatic N) is 2. The molecule has 1 aromatic carbocycles. The predicted molar refractivity (Wildman–Crippen MR) is 85.2 cm³/mol. The Morgan fingerprint density at radius 2 is 2.05 bits per heavy atom. The molecular formula is C15H18Cl2N2O2. The molecule has 6 heteroatoms. The van der Waals surface area contributed by atoms with E-state index in [9.17, 15) is 4.79 Å². The van der Waals surface area contributed by atoms with E-state index in [1.165, 1.54) is 6.07 Å². The van der Waals surface area contributed by atoms with Crippen molar-refractivity contribution in [3.63, 3.8) is 0 Å². The van der Waals surface area contributed by atoms with Gasteiger partial charge in [-0.3, -0.25) is 0 Å². The zero-order valence-electron chi connectivity index (χ0n) is 12.3. The molecule has 1 fully saturated rings. The molecule has 0 aromatic heterocycles. The van der Waals surface area contributed by atoms with Gasteiger partial charge in [0.25, 0.3) is 0 Å². The molecule has 1 aromatic rings. The van der Waals surface area contributed by atoms with Crippen LogP contribution >= 0.6 is 23.2 Å². The van der Waals surface area contributed by atoms with E-state index in [-0.39, 0.29) is 5.92 Å². The molecule has 0 N–H and O–H groups in total. The molecule has 1 saturated heterocycles. The van der Waals surface area contributed by atoms with E-state index in [0.29, 0.717) is 21.7 Å². The standard InChI is InChI=1S/C15H18Cl2N2O2/c1-9-8-19(3)10(2)6-14(9)18-21-15(20)11-4-5-12(16)13(17)7-11/h4-5,7,9-10H,6,8H2,1-3H3/b18-14-/t9-,10-/m1/s1. The van der Waals surface area contributed by atoms with E-state index in [0.717, 1.165) is 18.7 Å². The molecule has 0 bridgehead atoms. The van der Waals surface area contributed by atoms with Crippen LogP contribution in [-0.4, -0.2) is 36.2 Å². The molecule has 4 nitrogen and oxygen atoms in total. The first-order valence-electron chi connectivity index (χ1n) is 6.82. The molecule has 0 aliphatic carbocycles. The molecule has 0 amide bonds. The van der Waals surface area contributed by atoms with Crippen molar-refractivity contribution >= 4 is 34.9 Å². The third kappa shape index (κ3) is 3.96. The number of oxime groups is 1. The Hall–Kier alpha value is -1.10. The fourth-order valence-corrected chi connectivity index (χ4v) is 2.58. The van der Waals surface area contributed by atoms with Crippen molar-refractivity contribution in [1.29, 1.82) is 0 Å². The van der Waals surface area contributed by atoms with Crippen LogP contribution in [0.25, 0.3) is 0 Å². The number of rotatable bonds is 2. The highest BCUT2D eigenvalue weighted by molar-refractivity contribution is 6.42. The van der Waals surface area contributed by atoms with Gasteiger partial charge in [-0.05, 0) is 32.2 Å². The smallest absolute Gasteiger partial charge is 0.313 e. The fourth-order valence-electron chi connectivity index (χ4n) is 2.28. The summed E-state index contributed by atoms with van der Waals surface area (Å²) in [7, 11) is 2.08. The molecule has 2 rings (SSSR count). The van der Waals surface area contributed by atoms with Crippen molar-refractivity contribution in [3.05, 3.63) is 33.8 Å². The fraction of sp³-hybridized carbons (Fsp3) is 0.467. The Balaban J connectivity index is 2.05. The second-order valence-electron chi connectivity index (χ2n) is 5.48. The van der Waals surface area contributed by atoms with E-state index in [4.69, 9.17) is 28.0 Å². The van der Waals surface area contributed by atoms with Crippen molar-refractivity contribution < 1.29 is 9.63 Å². The molecule has 1 heterocycles. The van der Waals surface area contributed by atoms with Gasteiger partial charge in [0.1, 0.15) is 0 Å². The molecule has 0 radical (unpaired) electrons. The average Bonchev–Trinajstić information content (AvgIpc) is 2.44. The van der Waals surface area contributed by atoms with Gasteiger partial charge in [0.2, 0.25) is 0 Å². The third-order valence-corrected chi connectivity index (χ3v) is 4.53. The van der Waals surface area contributed by atoms with Crippen molar-refractivity contribution in [1.82, 2.24) is 4.90 Å². The lowest BCUT2D eigenvalue weighted by Crippen LogP contribution is -2.43. The van der Waals surface area contributed by atoms with Crippen molar-refractivity contribution in [2.45, 2.75) is 26.3 Å². The van der Waals surface area contributed by atoms with Gasteiger partial charge in [0.05, 0.1) is 21.3 Å². The SMILES string of the molecule is C[C@@H]1CN(C)[C@H](C)C/C1=N/OC(=O)c1ccc(Cl)c(Cl)c1. The number of hydrogen-bond donors (Lipinski definition) is 0. The lowest BCUT2D eigenvalue weighted by Gasteiger charge is -2.34. The summed E-state index contributed by atoms with van der Waals surface area (Å²) in [5, 5.41) is 4.76. The zero-order chi connectivity index (χ0) is 15.6. The molecule has 1 aliphatic heterocycles. The van der Waals surface area contributed by atoms with Crippen LogP contribution in [0.5, 0.6) is 0 Å². The van der Waals surface area contributed by atoms with Crippen molar-refractivity contribution in [2.75, 3.05) is 13.6 Å². The first-order chi connectivity index (χ1) is 9.88. The molecular weight excluding hydrogens is 311 g/mol. The summed E-state index contributed by atoms with van der Waals surface area (Å²) in [6.07, 6.45) is 0.798. The minimum absolute atomic E-state index is 0.271. The highest BCUT2D eigenvalue weighted by Gasteiger charge is 2.26. The van der Waals surface area contributed by atoms with Crippen LogP contribution in [0.2, 0.25) is 10.0 Å². The van der Waals surface area contributed by atoms with Crippen LogP contribution in [0.15, 0.2) is 23.4 Å². The van der Waals surface area contributed by atoms with Gasteiger partial charge >= 0.3 is 5.97 Å². The topological polar surface area (TPSA) is 41.9 Å². The van der Waals surface area contributed by atoms with Crippen LogP contribution in [-0.2, 0) is 4.84 Å². The van der Waals surface area contributed by atoms with Crippen molar-refractivity contribution in [3.8, 4) is 0 Å².